The Labute approximate surface area is 122 Å². The number of halogens is 1. The molecule has 2 N–H and O–H groups in total. The molecule has 1 unspecified atom stereocenters. The molecule has 5 nitrogen and oxygen atoms in total. The van der Waals surface area contributed by atoms with E-state index in [0.717, 1.165) is 0 Å². The van der Waals surface area contributed by atoms with Crippen LogP contribution in [0.1, 0.15) is 31.2 Å². The van der Waals surface area contributed by atoms with Crippen molar-refractivity contribution in [1.29, 1.82) is 0 Å². The Kier molecular flexibility index (Phi) is 4.45. The summed E-state index contributed by atoms with van der Waals surface area (Å²) in [6, 6.07) is 4.55. The van der Waals surface area contributed by atoms with E-state index < -0.39 is 17.3 Å². The molecule has 2 rings (SSSR count). The van der Waals surface area contributed by atoms with Gasteiger partial charge in [0.05, 0.1) is 7.11 Å². The zero-order valence-electron chi connectivity index (χ0n) is 11.8. The normalized spacial score (nSPS) is 21.1. The van der Waals surface area contributed by atoms with Gasteiger partial charge in [-0.25, -0.2) is 4.39 Å². The fourth-order valence-corrected chi connectivity index (χ4v) is 2.69. The highest BCUT2D eigenvalue weighted by Gasteiger charge is 2.38. The minimum absolute atomic E-state index is 0.0575. The molecule has 6 heteroatoms. The lowest BCUT2D eigenvalue weighted by Crippen LogP contribution is -2.44. The van der Waals surface area contributed by atoms with Crippen LogP contribution in [0, 0.1) is 5.82 Å². The Morgan fingerprint density at radius 3 is 2.81 bits per heavy atom. The molecule has 1 aromatic carbocycles. The number of hydrogen-bond donors (Lipinski definition) is 2. The monoisotopic (exact) mass is 295 g/mol. The molecule has 1 aliphatic heterocycles. The number of carbonyl (C=O) groups is 2. The van der Waals surface area contributed by atoms with E-state index >= 15 is 0 Å². The van der Waals surface area contributed by atoms with Crippen molar-refractivity contribution >= 4 is 11.9 Å². The van der Waals surface area contributed by atoms with E-state index in [2.05, 4.69) is 5.32 Å². The Balaban J connectivity index is 2.19. The summed E-state index contributed by atoms with van der Waals surface area (Å²) in [4.78, 5) is 22.3. The van der Waals surface area contributed by atoms with Crippen molar-refractivity contribution in [2.75, 3.05) is 7.11 Å². The van der Waals surface area contributed by atoms with Crippen molar-refractivity contribution in [3.8, 4) is 5.75 Å². The summed E-state index contributed by atoms with van der Waals surface area (Å²) in [6.45, 7) is 0. The van der Waals surface area contributed by atoms with Crippen LogP contribution < -0.4 is 10.1 Å². The summed E-state index contributed by atoms with van der Waals surface area (Å²) in [6.07, 6.45) is 1.38. The second-order valence-electron chi connectivity index (χ2n) is 5.36. The second-order valence-corrected chi connectivity index (χ2v) is 5.36. The number of carboxylic acid groups (broad SMARTS) is 1. The van der Waals surface area contributed by atoms with Gasteiger partial charge in [0.2, 0.25) is 5.91 Å². The van der Waals surface area contributed by atoms with Gasteiger partial charge in [-0.3, -0.25) is 9.59 Å². The standard InChI is InChI=1S/C15H18FNO4/c1-21-11-3-2-10(12(16)8-11)9-15(7-5-14(19)20)6-4-13(18)17-15/h2-3,8H,4-7,9H2,1H3,(H,17,18)(H,19,20). The quantitative estimate of drug-likeness (QED) is 0.840. The number of ether oxygens (including phenoxy) is 1. The SMILES string of the molecule is COc1ccc(CC2(CCC(=O)O)CCC(=O)N2)c(F)c1. The molecule has 1 atom stereocenters. The van der Waals surface area contributed by atoms with Gasteiger partial charge in [0, 0.05) is 24.4 Å². The highest BCUT2D eigenvalue weighted by atomic mass is 19.1. The number of aliphatic carboxylic acids is 1. The van der Waals surface area contributed by atoms with Gasteiger partial charge >= 0.3 is 5.97 Å². The van der Waals surface area contributed by atoms with Crippen molar-refractivity contribution in [2.24, 2.45) is 0 Å². The number of amides is 1. The summed E-state index contributed by atoms with van der Waals surface area (Å²) in [5.74, 6) is -1.03. The van der Waals surface area contributed by atoms with Crippen molar-refractivity contribution in [2.45, 2.75) is 37.6 Å². The van der Waals surface area contributed by atoms with Crippen molar-refractivity contribution in [3.05, 3.63) is 29.6 Å². The van der Waals surface area contributed by atoms with Crippen LogP contribution in [0.4, 0.5) is 4.39 Å². The van der Waals surface area contributed by atoms with E-state index in [0.29, 0.717) is 30.6 Å². The van der Waals surface area contributed by atoms with Crippen LogP contribution in [0.5, 0.6) is 5.75 Å². The summed E-state index contributed by atoms with van der Waals surface area (Å²) >= 11 is 0. The Morgan fingerprint density at radius 1 is 1.52 bits per heavy atom. The molecule has 0 saturated carbocycles. The van der Waals surface area contributed by atoms with Gasteiger partial charge in [-0.05, 0) is 30.9 Å². The minimum Gasteiger partial charge on any atom is -0.497 e. The van der Waals surface area contributed by atoms with Gasteiger partial charge in [-0.2, -0.15) is 0 Å². The fraction of sp³-hybridized carbons (Fsp3) is 0.467. The maximum absolute atomic E-state index is 14.0. The second kappa shape index (κ2) is 6.11. The maximum atomic E-state index is 14.0. The highest BCUT2D eigenvalue weighted by molar-refractivity contribution is 5.79. The van der Waals surface area contributed by atoms with Crippen LogP contribution in [0.2, 0.25) is 0 Å². The zero-order chi connectivity index (χ0) is 15.5. The Hall–Kier alpha value is -2.11. The van der Waals surface area contributed by atoms with E-state index in [1.807, 2.05) is 0 Å². The number of benzene rings is 1. The minimum atomic E-state index is -0.925. The summed E-state index contributed by atoms with van der Waals surface area (Å²) in [5, 5.41) is 11.7. The van der Waals surface area contributed by atoms with Gasteiger partial charge in [-0.15, -0.1) is 0 Å². The number of hydrogen-bond acceptors (Lipinski definition) is 3. The molecule has 0 spiro atoms. The molecular formula is C15H18FNO4. The lowest BCUT2D eigenvalue weighted by Gasteiger charge is -2.29. The number of rotatable bonds is 6. The summed E-state index contributed by atoms with van der Waals surface area (Å²) < 4.78 is 19.0. The predicted octanol–water partition coefficient (Wildman–Crippen LogP) is 1.89. The number of carbonyl (C=O) groups excluding carboxylic acids is 1. The first kappa shape index (κ1) is 15.3. The van der Waals surface area contributed by atoms with E-state index in [1.54, 1.807) is 12.1 Å². The van der Waals surface area contributed by atoms with Crippen LogP contribution >= 0.6 is 0 Å². The molecule has 1 fully saturated rings. The molecule has 0 aliphatic carbocycles. The lowest BCUT2D eigenvalue weighted by atomic mass is 9.85. The third kappa shape index (κ3) is 3.71. The molecule has 1 aliphatic rings. The molecule has 1 saturated heterocycles. The number of carboxylic acids is 1. The fourth-order valence-electron chi connectivity index (χ4n) is 2.69. The lowest BCUT2D eigenvalue weighted by molar-refractivity contribution is -0.137. The van der Waals surface area contributed by atoms with Crippen LogP contribution in [0.3, 0.4) is 0 Å². The zero-order valence-corrected chi connectivity index (χ0v) is 11.8. The van der Waals surface area contributed by atoms with Gasteiger partial charge in [0.15, 0.2) is 0 Å². The summed E-state index contributed by atoms with van der Waals surface area (Å²) in [7, 11) is 1.46. The largest absolute Gasteiger partial charge is 0.497 e. The Bertz CT molecular complexity index is 561. The first-order chi connectivity index (χ1) is 9.94. The smallest absolute Gasteiger partial charge is 0.303 e. The molecule has 1 amide bonds. The highest BCUT2D eigenvalue weighted by Crippen LogP contribution is 2.31. The van der Waals surface area contributed by atoms with Gasteiger partial charge in [0.1, 0.15) is 11.6 Å². The molecule has 1 aromatic rings. The van der Waals surface area contributed by atoms with Gasteiger partial charge < -0.3 is 15.2 Å². The number of methoxy groups -OCH3 is 1. The van der Waals surface area contributed by atoms with E-state index in [-0.39, 0.29) is 18.7 Å². The van der Waals surface area contributed by atoms with Gasteiger partial charge in [-0.1, -0.05) is 6.07 Å². The summed E-state index contributed by atoms with van der Waals surface area (Å²) in [5.41, 5.74) is -0.228. The third-order valence-electron chi connectivity index (χ3n) is 3.84. The van der Waals surface area contributed by atoms with Crippen LogP contribution in [-0.2, 0) is 16.0 Å². The molecule has 0 bridgehead atoms. The van der Waals surface area contributed by atoms with E-state index in [4.69, 9.17) is 9.84 Å². The van der Waals surface area contributed by atoms with Crippen LogP contribution in [0.25, 0.3) is 0 Å². The molecule has 0 radical (unpaired) electrons. The Morgan fingerprint density at radius 2 is 2.29 bits per heavy atom. The van der Waals surface area contributed by atoms with Crippen molar-refractivity contribution in [1.82, 2.24) is 5.32 Å². The van der Waals surface area contributed by atoms with Gasteiger partial charge in [0.25, 0.3) is 0 Å². The number of nitrogens with one attached hydrogen (secondary N) is 1. The van der Waals surface area contributed by atoms with Crippen molar-refractivity contribution < 1.29 is 23.8 Å². The molecule has 0 aromatic heterocycles. The molecule has 114 valence electrons. The van der Waals surface area contributed by atoms with E-state index in [9.17, 15) is 14.0 Å². The average Bonchev–Trinajstić information content (AvgIpc) is 2.81. The van der Waals surface area contributed by atoms with Crippen LogP contribution in [0.15, 0.2) is 18.2 Å². The average molecular weight is 295 g/mol. The maximum Gasteiger partial charge on any atom is 0.303 e. The predicted molar refractivity (Wildman–Crippen MR) is 73.6 cm³/mol. The molecule has 1 heterocycles. The van der Waals surface area contributed by atoms with Crippen LogP contribution in [-0.4, -0.2) is 29.6 Å². The third-order valence-corrected chi connectivity index (χ3v) is 3.84. The first-order valence-electron chi connectivity index (χ1n) is 6.79. The van der Waals surface area contributed by atoms with Crippen molar-refractivity contribution in [3.63, 3.8) is 0 Å². The van der Waals surface area contributed by atoms with E-state index in [1.165, 1.54) is 13.2 Å². The first-order valence-corrected chi connectivity index (χ1v) is 6.79. The molecule has 21 heavy (non-hydrogen) atoms. The topological polar surface area (TPSA) is 75.6 Å². The molecular weight excluding hydrogens is 277 g/mol.